The summed E-state index contributed by atoms with van der Waals surface area (Å²) in [5.74, 6) is 0.204. The lowest BCUT2D eigenvalue weighted by Gasteiger charge is -2.12. The molecule has 1 N–H and O–H groups in total. The van der Waals surface area contributed by atoms with Crippen molar-refractivity contribution in [2.24, 2.45) is 5.92 Å². The quantitative estimate of drug-likeness (QED) is 0.858. The second-order valence-electron chi connectivity index (χ2n) is 5.08. The molecule has 0 spiro atoms. The van der Waals surface area contributed by atoms with Gasteiger partial charge in [-0.25, -0.2) is 4.79 Å². The first-order valence-corrected chi connectivity index (χ1v) is 6.49. The Bertz CT molecular complexity index is 685. The maximum absolute atomic E-state index is 12.1. The fourth-order valence-electron chi connectivity index (χ4n) is 2.22. The molecule has 1 atom stereocenters. The summed E-state index contributed by atoms with van der Waals surface area (Å²) in [5, 5.41) is 3.62. The first kappa shape index (κ1) is 12.0. The fraction of sp³-hybridized carbons (Fsp3) is 0.333. The van der Waals surface area contributed by atoms with Crippen LogP contribution in [0.1, 0.15) is 30.1 Å². The average Bonchev–Trinajstić information content (AvgIpc) is 3.22. The van der Waals surface area contributed by atoms with E-state index in [1.165, 1.54) is 0 Å². The predicted molar refractivity (Wildman–Crippen MR) is 72.1 cm³/mol. The summed E-state index contributed by atoms with van der Waals surface area (Å²) in [4.78, 5) is 23.9. The molecule has 1 aliphatic carbocycles. The number of benzene rings is 1. The zero-order valence-electron chi connectivity index (χ0n) is 10.7. The van der Waals surface area contributed by atoms with E-state index in [2.05, 4.69) is 5.32 Å². The van der Waals surface area contributed by atoms with Crippen molar-refractivity contribution in [3.05, 3.63) is 46.3 Å². The molecule has 1 aliphatic rings. The molecular formula is C15H15NO3. The van der Waals surface area contributed by atoms with Crippen LogP contribution >= 0.6 is 0 Å². The molecule has 1 aromatic carbocycles. The molecule has 0 bridgehead atoms. The monoisotopic (exact) mass is 257 g/mol. The molecule has 4 nitrogen and oxygen atoms in total. The summed E-state index contributed by atoms with van der Waals surface area (Å²) in [5.41, 5.74) is -0.00955. The van der Waals surface area contributed by atoms with E-state index in [-0.39, 0.29) is 17.5 Å². The molecule has 19 heavy (non-hydrogen) atoms. The highest BCUT2D eigenvalue weighted by Crippen LogP contribution is 2.32. The minimum Gasteiger partial charge on any atom is -0.422 e. The van der Waals surface area contributed by atoms with Crippen molar-refractivity contribution < 1.29 is 9.21 Å². The second-order valence-corrected chi connectivity index (χ2v) is 5.08. The van der Waals surface area contributed by atoms with E-state index in [1.54, 1.807) is 18.2 Å². The zero-order chi connectivity index (χ0) is 13.4. The number of nitrogens with one attached hydrogen (secondary N) is 1. The number of carbonyl (C=O) groups excluding carboxylic acids is 1. The highest BCUT2D eigenvalue weighted by molar-refractivity contribution is 5.96. The summed E-state index contributed by atoms with van der Waals surface area (Å²) in [6.07, 6.45) is 2.29. The highest BCUT2D eigenvalue weighted by Gasteiger charge is 2.29. The van der Waals surface area contributed by atoms with E-state index in [9.17, 15) is 9.59 Å². The Labute approximate surface area is 110 Å². The van der Waals surface area contributed by atoms with Crippen LogP contribution in [0.3, 0.4) is 0 Å². The maximum Gasteiger partial charge on any atom is 0.349 e. The molecule has 0 saturated heterocycles. The van der Waals surface area contributed by atoms with E-state index in [0.717, 1.165) is 18.2 Å². The first-order valence-electron chi connectivity index (χ1n) is 6.49. The van der Waals surface area contributed by atoms with Crippen LogP contribution in [0.2, 0.25) is 0 Å². The molecule has 4 heteroatoms. The average molecular weight is 257 g/mol. The summed E-state index contributed by atoms with van der Waals surface area (Å²) in [6.45, 7) is 1.97. The largest absolute Gasteiger partial charge is 0.422 e. The van der Waals surface area contributed by atoms with Gasteiger partial charge in [0.05, 0.1) is 0 Å². The number of amides is 1. The van der Waals surface area contributed by atoms with Crippen molar-refractivity contribution in [1.82, 2.24) is 5.32 Å². The van der Waals surface area contributed by atoms with Gasteiger partial charge in [-0.2, -0.15) is 0 Å². The van der Waals surface area contributed by atoms with Gasteiger partial charge in [0.2, 0.25) is 0 Å². The fourth-order valence-corrected chi connectivity index (χ4v) is 2.22. The van der Waals surface area contributed by atoms with E-state index in [0.29, 0.717) is 11.5 Å². The Morgan fingerprint density at radius 1 is 1.37 bits per heavy atom. The third-order valence-electron chi connectivity index (χ3n) is 3.57. The van der Waals surface area contributed by atoms with Crippen LogP contribution in [0.15, 0.2) is 39.5 Å². The molecular weight excluding hydrogens is 242 g/mol. The van der Waals surface area contributed by atoms with E-state index in [1.807, 2.05) is 19.1 Å². The van der Waals surface area contributed by atoms with Gasteiger partial charge in [-0.3, -0.25) is 4.79 Å². The maximum atomic E-state index is 12.1. The first-order chi connectivity index (χ1) is 9.15. The van der Waals surface area contributed by atoms with Crippen LogP contribution in [0.5, 0.6) is 0 Å². The van der Waals surface area contributed by atoms with Crippen LogP contribution < -0.4 is 10.9 Å². The highest BCUT2D eigenvalue weighted by atomic mass is 16.4. The molecule has 1 fully saturated rings. The lowest BCUT2D eigenvalue weighted by atomic mass is 10.1. The Morgan fingerprint density at radius 2 is 2.11 bits per heavy atom. The molecule has 1 amide bonds. The van der Waals surface area contributed by atoms with Crippen LogP contribution in [-0.2, 0) is 0 Å². The smallest absolute Gasteiger partial charge is 0.349 e. The normalized spacial score (nSPS) is 16.3. The number of para-hydroxylation sites is 1. The van der Waals surface area contributed by atoms with Gasteiger partial charge in [0.25, 0.3) is 5.91 Å². The van der Waals surface area contributed by atoms with Crippen molar-refractivity contribution in [3.63, 3.8) is 0 Å². The van der Waals surface area contributed by atoms with Gasteiger partial charge >= 0.3 is 5.63 Å². The Kier molecular flexibility index (Phi) is 2.85. The van der Waals surface area contributed by atoms with E-state index < -0.39 is 5.63 Å². The molecule has 0 radical (unpaired) electrons. The van der Waals surface area contributed by atoms with Crippen molar-refractivity contribution in [1.29, 1.82) is 0 Å². The third kappa shape index (κ3) is 2.38. The van der Waals surface area contributed by atoms with Gasteiger partial charge in [-0.05, 0) is 37.8 Å². The summed E-state index contributed by atoms with van der Waals surface area (Å²) < 4.78 is 5.16. The zero-order valence-corrected chi connectivity index (χ0v) is 10.7. The van der Waals surface area contributed by atoms with Gasteiger partial charge in [0.15, 0.2) is 0 Å². The number of hydrogen-bond acceptors (Lipinski definition) is 3. The molecule has 1 aromatic heterocycles. The number of hydrogen-bond donors (Lipinski definition) is 1. The number of carbonyl (C=O) groups is 1. The molecule has 1 saturated carbocycles. The predicted octanol–water partition coefficient (Wildman–Crippen LogP) is 2.32. The summed E-state index contributed by atoms with van der Waals surface area (Å²) >= 11 is 0. The van der Waals surface area contributed by atoms with Gasteiger partial charge < -0.3 is 9.73 Å². The minimum absolute atomic E-state index is 0.0752. The molecule has 0 aliphatic heterocycles. The SMILES string of the molecule is CC(NC(=O)c1cc2ccccc2oc1=O)C1CC1. The van der Waals surface area contributed by atoms with Crippen LogP contribution in [-0.4, -0.2) is 11.9 Å². The van der Waals surface area contributed by atoms with Gasteiger partial charge in [-0.1, -0.05) is 18.2 Å². The van der Waals surface area contributed by atoms with Crippen molar-refractivity contribution in [2.45, 2.75) is 25.8 Å². The van der Waals surface area contributed by atoms with Crippen molar-refractivity contribution in [3.8, 4) is 0 Å². The molecule has 1 heterocycles. The lowest BCUT2D eigenvalue weighted by molar-refractivity contribution is 0.0932. The van der Waals surface area contributed by atoms with Gasteiger partial charge in [0.1, 0.15) is 11.1 Å². The van der Waals surface area contributed by atoms with Gasteiger partial charge in [-0.15, -0.1) is 0 Å². The molecule has 98 valence electrons. The summed E-state index contributed by atoms with van der Waals surface area (Å²) in [6, 6.07) is 8.87. The van der Waals surface area contributed by atoms with Gasteiger partial charge in [0, 0.05) is 11.4 Å². The summed E-state index contributed by atoms with van der Waals surface area (Å²) in [7, 11) is 0. The van der Waals surface area contributed by atoms with Crippen molar-refractivity contribution >= 4 is 16.9 Å². The standard InChI is InChI=1S/C15H15NO3/c1-9(10-6-7-10)16-14(17)12-8-11-4-2-3-5-13(11)19-15(12)18/h2-5,8-10H,6-7H2,1H3,(H,16,17). The topological polar surface area (TPSA) is 59.3 Å². The Balaban J connectivity index is 1.92. The van der Waals surface area contributed by atoms with Crippen LogP contribution in [0, 0.1) is 5.92 Å². The molecule has 3 rings (SSSR count). The molecule has 2 aromatic rings. The Morgan fingerprint density at radius 3 is 2.84 bits per heavy atom. The third-order valence-corrected chi connectivity index (χ3v) is 3.57. The van der Waals surface area contributed by atoms with E-state index in [4.69, 9.17) is 4.42 Å². The minimum atomic E-state index is -0.584. The second kappa shape index (κ2) is 4.53. The van der Waals surface area contributed by atoms with Crippen LogP contribution in [0.4, 0.5) is 0 Å². The van der Waals surface area contributed by atoms with Crippen LogP contribution in [0.25, 0.3) is 11.0 Å². The lowest BCUT2D eigenvalue weighted by Crippen LogP contribution is -2.36. The molecule has 1 unspecified atom stereocenters. The Hall–Kier alpha value is -2.10. The number of fused-ring (bicyclic) bond motifs is 1. The van der Waals surface area contributed by atoms with E-state index >= 15 is 0 Å². The van der Waals surface area contributed by atoms with Crippen molar-refractivity contribution in [2.75, 3.05) is 0 Å². The number of rotatable bonds is 3.